The van der Waals surface area contributed by atoms with Crippen molar-refractivity contribution in [1.29, 1.82) is 0 Å². The van der Waals surface area contributed by atoms with Crippen LogP contribution in [-0.4, -0.2) is 16.1 Å². The summed E-state index contributed by atoms with van der Waals surface area (Å²) in [4.78, 5) is 16.0. The second-order valence-electron chi connectivity index (χ2n) is 4.77. The molecule has 0 fully saturated rings. The third-order valence-electron chi connectivity index (χ3n) is 3.27. The largest absolute Gasteiger partial charge is 0.478 e. The Labute approximate surface area is 151 Å². The lowest BCUT2D eigenvalue weighted by Crippen LogP contribution is -2.01. The van der Waals surface area contributed by atoms with Gasteiger partial charge in [0.2, 0.25) is 0 Å². The van der Waals surface area contributed by atoms with Crippen LogP contribution in [0.2, 0.25) is 20.1 Å². The summed E-state index contributed by atoms with van der Waals surface area (Å²) >= 11 is 24.3. The van der Waals surface area contributed by atoms with Crippen LogP contribution in [0.15, 0.2) is 36.4 Å². The van der Waals surface area contributed by atoms with E-state index in [2.05, 4.69) is 4.98 Å². The first kappa shape index (κ1) is 16.3. The summed E-state index contributed by atoms with van der Waals surface area (Å²) < 4.78 is 0. The maximum Gasteiger partial charge on any atom is 0.336 e. The van der Waals surface area contributed by atoms with Gasteiger partial charge in [-0.2, -0.15) is 0 Å². The van der Waals surface area contributed by atoms with E-state index in [0.29, 0.717) is 37.2 Å². The highest BCUT2D eigenvalue weighted by Crippen LogP contribution is 2.35. The van der Waals surface area contributed by atoms with Crippen molar-refractivity contribution < 1.29 is 9.90 Å². The van der Waals surface area contributed by atoms with E-state index in [1.165, 1.54) is 18.2 Å². The number of pyridine rings is 1. The van der Waals surface area contributed by atoms with Gasteiger partial charge in [0, 0.05) is 21.0 Å². The third kappa shape index (κ3) is 3.10. The lowest BCUT2D eigenvalue weighted by molar-refractivity contribution is 0.0699. The Morgan fingerprint density at radius 2 is 1.65 bits per heavy atom. The average molecular weight is 387 g/mol. The SMILES string of the molecule is O=C(O)c1cc(-c2cc(Cl)ccc2Cl)nc2c(Cl)cc(Cl)cc12. The number of carboxylic acids is 1. The molecule has 0 amide bonds. The first-order valence-electron chi connectivity index (χ1n) is 6.35. The topological polar surface area (TPSA) is 50.2 Å². The molecule has 0 saturated heterocycles. The molecule has 116 valence electrons. The Hall–Kier alpha value is -1.52. The van der Waals surface area contributed by atoms with Crippen LogP contribution in [0, 0.1) is 0 Å². The minimum absolute atomic E-state index is 0.0328. The molecule has 0 aliphatic rings. The zero-order valence-electron chi connectivity index (χ0n) is 11.3. The Balaban J connectivity index is 2.40. The molecule has 0 aliphatic heterocycles. The molecular weight excluding hydrogens is 380 g/mol. The highest BCUT2D eigenvalue weighted by molar-refractivity contribution is 6.39. The zero-order valence-corrected chi connectivity index (χ0v) is 14.3. The fraction of sp³-hybridized carbons (Fsp3) is 0. The molecule has 0 radical (unpaired) electrons. The van der Waals surface area contributed by atoms with Crippen molar-refractivity contribution in [3.05, 3.63) is 62.1 Å². The quantitative estimate of drug-likeness (QED) is 0.569. The summed E-state index contributed by atoms with van der Waals surface area (Å²) in [6.07, 6.45) is 0. The Kier molecular flexibility index (Phi) is 4.39. The number of benzene rings is 2. The number of nitrogens with zero attached hydrogens (tertiary/aromatic N) is 1. The molecule has 7 heteroatoms. The fourth-order valence-electron chi connectivity index (χ4n) is 2.26. The van der Waals surface area contributed by atoms with Gasteiger partial charge in [-0.05, 0) is 36.4 Å². The molecule has 1 aromatic heterocycles. The van der Waals surface area contributed by atoms with Crippen LogP contribution in [0.5, 0.6) is 0 Å². The van der Waals surface area contributed by atoms with Gasteiger partial charge < -0.3 is 5.11 Å². The summed E-state index contributed by atoms with van der Waals surface area (Å²) in [5.74, 6) is -1.12. The standard InChI is InChI=1S/C16H7Cl4NO2/c17-7-1-2-12(19)11(3-7)14-6-10(16(22)23)9-4-8(18)5-13(20)15(9)21-14/h1-6H,(H,22,23). The van der Waals surface area contributed by atoms with Gasteiger partial charge in [-0.25, -0.2) is 9.78 Å². The number of rotatable bonds is 2. The monoisotopic (exact) mass is 385 g/mol. The van der Waals surface area contributed by atoms with E-state index < -0.39 is 5.97 Å². The summed E-state index contributed by atoms with van der Waals surface area (Å²) in [5, 5.41) is 11.3. The van der Waals surface area contributed by atoms with Gasteiger partial charge in [0.15, 0.2) is 0 Å². The lowest BCUT2D eigenvalue weighted by atomic mass is 10.0. The van der Waals surface area contributed by atoms with Gasteiger partial charge in [0.05, 0.1) is 26.8 Å². The Bertz CT molecular complexity index is 956. The van der Waals surface area contributed by atoms with E-state index in [1.807, 2.05) is 0 Å². The van der Waals surface area contributed by atoms with Gasteiger partial charge in [-0.3, -0.25) is 0 Å². The first-order chi connectivity index (χ1) is 10.9. The van der Waals surface area contributed by atoms with Crippen LogP contribution >= 0.6 is 46.4 Å². The van der Waals surface area contributed by atoms with Crippen LogP contribution in [0.25, 0.3) is 22.2 Å². The molecule has 3 rings (SSSR count). The van der Waals surface area contributed by atoms with Crippen LogP contribution in [0.3, 0.4) is 0 Å². The van der Waals surface area contributed by atoms with Crippen molar-refractivity contribution in [3.8, 4) is 11.3 Å². The molecule has 3 nitrogen and oxygen atoms in total. The number of aromatic carboxylic acids is 1. The summed E-state index contributed by atoms with van der Waals surface area (Å²) in [5.41, 5.74) is 1.26. The second kappa shape index (κ2) is 6.17. The molecule has 1 N–H and O–H groups in total. The smallest absolute Gasteiger partial charge is 0.336 e. The normalized spacial score (nSPS) is 11.0. The van der Waals surface area contributed by atoms with Crippen LogP contribution in [0.4, 0.5) is 0 Å². The number of hydrogen-bond donors (Lipinski definition) is 1. The first-order valence-corrected chi connectivity index (χ1v) is 7.86. The molecule has 0 bridgehead atoms. The van der Waals surface area contributed by atoms with Gasteiger partial charge >= 0.3 is 5.97 Å². The van der Waals surface area contributed by atoms with Crippen LogP contribution in [0.1, 0.15) is 10.4 Å². The minimum Gasteiger partial charge on any atom is -0.478 e. The molecule has 23 heavy (non-hydrogen) atoms. The van der Waals surface area contributed by atoms with E-state index in [0.717, 1.165) is 0 Å². The zero-order chi connectivity index (χ0) is 16.7. The highest BCUT2D eigenvalue weighted by atomic mass is 35.5. The minimum atomic E-state index is -1.12. The lowest BCUT2D eigenvalue weighted by Gasteiger charge is -2.10. The number of aromatic nitrogens is 1. The van der Waals surface area contributed by atoms with Crippen molar-refractivity contribution in [1.82, 2.24) is 4.98 Å². The van der Waals surface area contributed by atoms with Crippen molar-refractivity contribution >= 4 is 63.3 Å². The molecule has 0 atom stereocenters. The van der Waals surface area contributed by atoms with E-state index in [1.54, 1.807) is 18.2 Å². The predicted molar refractivity (Wildman–Crippen MR) is 94.2 cm³/mol. The summed E-state index contributed by atoms with van der Waals surface area (Å²) in [7, 11) is 0. The van der Waals surface area contributed by atoms with Crippen molar-refractivity contribution in [2.75, 3.05) is 0 Å². The predicted octanol–water partition coefficient (Wildman–Crippen LogP) is 6.21. The number of halogens is 4. The highest BCUT2D eigenvalue weighted by Gasteiger charge is 2.17. The molecule has 3 aromatic rings. The van der Waals surface area contributed by atoms with E-state index in [4.69, 9.17) is 46.4 Å². The van der Waals surface area contributed by atoms with Crippen molar-refractivity contribution in [2.45, 2.75) is 0 Å². The van der Waals surface area contributed by atoms with Gasteiger partial charge in [0.1, 0.15) is 0 Å². The van der Waals surface area contributed by atoms with Gasteiger partial charge in [0.25, 0.3) is 0 Å². The average Bonchev–Trinajstić information content (AvgIpc) is 2.48. The van der Waals surface area contributed by atoms with E-state index in [9.17, 15) is 9.90 Å². The van der Waals surface area contributed by atoms with Crippen molar-refractivity contribution in [3.63, 3.8) is 0 Å². The molecule has 0 aliphatic carbocycles. The number of carbonyl (C=O) groups is 1. The van der Waals surface area contributed by atoms with E-state index in [-0.39, 0.29) is 10.6 Å². The van der Waals surface area contributed by atoms with Gasteiger partial charge in [-0.1, -0.05) is 46.4 Å². The number of hydrogen-bond acceptors (Lipinski definition) is 2. The molecule has 0 saturated carbocycles. The maximum atomic E-state index is 11.6. The summed E-state index contributed by atoms with van der Waals surface area (Å²) in [6, 6.07) is 9.33. The maximum absolute atomic E-state index is 11.6. The molecular formula is C16H7Cl4NO2. The van der Waals surface area contributed by atoms with Crippen LogP contribution < -0.4 is 0 Å². The fourth-order valence-corrected chi connectivity index (χ4v) is 3.18. The molecule has 2 aromatic carbocycles. The second-order valence-corrected chi connectivity index (χ2v) is 6.46. The van der Waals surface area contributed by atoms with Gasteiger partial charge in [-0.15, -0.1) is 0 Å². The molecule has 1 heterocycles. The summed E-state index contributed by atoms with van der Waals surface area (Å²) in [6.45, 7) is 0. The third-order valence-corrected chi connectivity index (χ3v) is 4.34. The number of fused-ring (bicyclic) bond motifs is 1. The van der Waals surface area contributed by atoms with E-state index >= 15 is 0 Å². The Morgan fingerprint density at radius 3 is 2.35 bits per heavy atom. The van der Waals surface area contributed by atoms with Crippen molar-refractivity contribution in [2.24, 2.45) is 0 Å². The molecule has 0 unspecified atom stereocenters. The van der Waals surface area contributed by atoms with Crippen LogP contribution in [-0.2, 0) is 0 Å². The molecule has 0 spiro atoms. The number of carboxylic acid groups (broad SMARTS) is 1. The Morgan fingerprint density at radius 1 is 0.913 bits per heavy atom.